The number of aliphatic hydroxyl groups excluding tert-OH is 1. The number of unbranched alkanes of at least 4 members (excludes halogenated alkanes) is 2. The molecular formula is C27H34N5O8P. The number of carbonyl (C=O) groups is 1. The quantitative estimate of drug-likeness (QED) is 0.0995. The summed E-state index contributed by atoms with van der Waals surface area (Å²) >= 11 is 0. The Morgan fingerprint density at radius 3 is 2.78 bits per heavy atom. The molecule has 1 aliphatic rings. The molecule has 4 rings (SSSR count). The van der Waals surface area contributed by atoms with Gasteiger partial charge >= 0.3 is 13.7 Å². The third kappa shape index (κ3) is 6.70. The van der Waals surface area contributed by atoms with Crippen LogP contribution in [0.15, 0.2) is 48.9 Å². The van der Waals surface area contributed by atoms with E-state index in [2.05, 4.69) is 21.0 Å². The van der Waals surface area contributed by atoms with Crippen LogP contribution in [0.25, 0.3) is 11.0 Å². The number of hydrogen-bond donors (Lipinski definition) is 4. The third-order valence-electron chi connectivity index (χ3n) is 6.58. The van der Waals surface area contributed by atoms with Crippen molar-refractivity contribution in [1.82, 2.24) is 19.6 Å². The van der Waals surface area contributed by atoms with Crippen LogP contribution in [0.4, 0.5) is 5.82 Å². The molecule has 1 unspecified atom stereocenters. The number of nitrogens with zero attached hydrogens (tertiary/aromatic N) is 3. The number of aromatic nitrogens is 3. The van der Waals surface area contributed by atoms with Gasteiger partial charge in [0.2, 0.25) is 0 Å². The van der Waals surface area contributed by atoms with Gasteiger partial charge in [-0.15, -0.1) is 6.42 Å². The Morgan fingerprint density at radius 1 is 1.32 bits per heavy atom. The number of carbonyl (C=O) groups excluding carboxylic acids is 1. The second kappa shape index (κ2) is 13.0. The van der Waals surface area contributed by atoms with Crippen molar-refractivity contribution in [3.05, 3.63) is 48.9 Å². The van der Waals surface area contributed by atoms with Crippen LogP contribution in [-0.4, -0.2) is 67.8 Å². The van der Waals surface area contributed by atoms with E-state index in [9.17, 15) is 19.6 Å². The first kappa shape index (κ1) is 30.5. The number of ether oxygens (including phenoxy) is 2. The van der Waals surface area contributed by atoms with Crippen molar-refractivity contribution in [2.24, 2.45) is 0 Å². The van der Waals surface area contributed by atoms with Crippen molar-refractivity contribution >= 4 is 30.6 Å². The number of hydrogen-bond acceptors (Lipinski definition) is 11. The van der Waals surface area contributed by atoms with E-state index in [1.165, 1.54) is 24.0 Å². The summed E-state index contributed by atoms with van der Waals surface area (Å²) in [6, 6.07) is 8.76. The molecule has 1 aromatic carbocycles. The number of rotatable bonds is 13. The van der Waals surface area contributed by atoms with E-state index in [0.717, 1.165) is 12.8 Å². The number of esters is 1. The molecule has 1 aliphatic heterocycles. The van der Waals surface area contributed by atoms with Gasteiger partial charge in [0.15, 0.2) is 11.8 Å². The monoisotopic (exact) mass is 587 g/mol. The van der Waals surface area contributed by atoms with Crippen LogP contribution < -0.4 is 15.3 Å². The fourth-order valence-electron chi connectivity index (χ4n) is 4.34. The molecule has 0 spiro atoms. The molecule has 1 fully saturated rings. The Hall–Kier alpha value is -3.50. The van der Waals surface area contributed by atoms with Gasteiger partial charge in [-0.05, 0) is 31.5 Å². The Labute approximate surface area is 237 Å². The molecule has 0 aliphatic carbocycles. The zero-order valence-electron chi connectivity index (χ0n) is 22.8. The maximum absolute atomic E-state index is 13.9. The highest BCUT2D eigenvalue weighted by Crippen LogP contribution is 2.47. The lowest BCUT2D eigenvalue weighted by Gasteiger charge is -2.26. The van der Waals surface area contributed by atoms with E-state index in [1.807, 2.05) is 6.92 Å². The maximum atomic E-state index is 13.9. The van der Waals surface area contributed by atoms with Gasteiger partial charge in [-0.2, -0.15) is 5.09 Å². The smallest absolute Gasteiger partial charge is 0.459 e. The highest BCUT2D eigenvalue weighted by molar-refractivity contribution is 7.52. The second-order valence-corrected chi connectivity index (χ2v) is 11.3. The van der Waals surface area contributed by atoms with E-state index in [4.69, 9.17) is 30.7 Å². The minimum atomic E-state index is -4.27. The number of terminal acetylenes is 1. The molecule has 220 valence electrons. The Bertz CT molecular complexity index is 1430. The molecule has 14 heteroatoms. The molecular weight excluding hydrogens is 553 g/mol. The number of para-hydroxylation sites is 1. The van der Waals surface area contributed by atoms with Gasteiger partial charge in [0.05, 0.1) is 18.6 Å². The van der Waals surface area contributed by atoms with Crippen LogP contribution in [0.2, 0.25) is 0 Å². The highest BCUT2D eigenvalue weighted by Gasteiger charge is 2.56. The van der Waals surface area contributed by atoms with Crippen LogP contribution in [0.1, 0.15) is 39.3 Å². The maximum Gasteiger partial charge on any atom is 0.459 e. The number of fused-ring (bicyclic) bond motifs is 1. The Morgan fingerprint density at radius 2 is 2.07 bits per heavy atom. The predicted octanol–water partition coefficient (Wildman–Crippen LogP) is 2.55. The molecule has 3 heterocycles. The van der Waals surface area contributed by atoms with Crippen molar-refractivity contribution in [3.8, 4) is 18.1 Å². The molecule has 0 amide bonds. The van der Waals surface area contributed by atoms with Crippen LogP contribution in [0, 0.1) is 12.3 Å². The van der Waals surface area contributed by atoms with Crippen LogP contribution in [0.3, 0.4) is 0 Å². The molecule has 13 nitrogen and oxygen atoms in total. The lowest BCUT2D eigenvalue weighted by atomic mass is 9.95. The van der Waals surface area contributed by atoms with E-state index >= 15 is 0 Å². The average molecular weight is 588 g/mol. The van der Waals surface area contributed by atoms with Gasteiger partial charge < -0.3 is 34.5 Å². The first-order chi connectivity index (χ1) is 19.6. The van der Waals surface area contributed by atoms with Crippen molar-refractivity contribution in [1.29, 1.82) is 0 Å². The highest BCUT2D eigenvalue weighted by atomic mass is 31.2. The minimum absolute atomic E-state index is 0.203. The van der Waals surface area contributed by atoms with Gasteiger partial charge in [-0.25, -0.2) is 14.5 Å². The number of benzene rings is 1. The lowest BCUT2D eigenvalue weighted by molar-refractivity contribution is -0.145. The predicted molar refractivity (Wildman–Crippen MR) is 149 cm³/mol. The molecule has 6 atom stereocenters. The molecule has 0 radical (unpaired) electrons. The first-order valence-electron chi connectivity index (χ1n) is 13.2. The molecule has 3 aromatic rings. The lowest BCUT2D eigenvalue weighted by Crippen LogP contribution is -2.46. The number of nitrogens with two attached hydrogens (primary N) is 1. The molecule has 2 aromatic heterocycles. The summed E-state index contributed by atoms with van der Waals surface area (Å²) in [7, 11) is -4.27. The normalized spacial score (nSPS) is 24.4. The number of nitrogen functional groups attached to an aromatic ring is 1. The van der Waals surface area contributed by atoms with E-state index in [-0.39, 0.29) is 18.2 Å². The molecule has 1 saturated heterocycles. The number of nitrogens with one attached hydrogen (secondary N) is 1. The van der Waals surface area contributed by atoms with Crippen molar-refractivity contribution in [3.63, 3.8) is 0 Å². The summed E-state index contributed by atoms with van der Waals surface area (Å²) in [6.07, 6.45) is 6.76. The molecule has 0 saturated carbocycles. The van der Waals surface area contributed by atoms with Crippen LogP contribution >= 0.6 is 7.75 Å². The fourth-order valence-corrected chi connectivity index (χ4v) is 5.84. The SMILES string of the molecule is C#C[C@@]1(O)[C@H](O)[C@@H](COP(=O)(N[C@@H](C)C(=O)OCCCCC)Oc2ccccc2)O[C@H]1n1ccc2c(N)ncnc21. The van der Waals surface area contributed by atoms with E-state index < -0.39 is 50.4 Å². The minimum Gasteiger partial charge on any atom is -0.465 e. The summed E-state index contributed by atoms with van der Waals surface area (Å²) < 4.78 is 37.8. The summed E-state index contributed by atoms with van der Waals surface area (Å²) in [4.78, 5) is 20.7. The summed E-state index contributed by atoms with van der Waals surface area (Å²) in [5, 5.41) is 25.3. The number of aliphatic hydroxyl groups is 2. The molecule has 5 N–H and O–H groups in total. The van der Waals surface area contributed by atoms with Gasteiger partial charge in [-0.1, -0.05) is 43.9 Å². The van der Waals surface area contributed by atoms with Gasteiger partial charge in [0.25, 0.3) is 0 Å². The Balaban J connectivity index is 1.52. The topological polar surface area (TPSA) is 180 Å². The largest absolute Gasteiger partial charge is 0.465 e. The van der Waals surface area contributed by atoms with Crippen LogP contribution in [0.5, 0.6) is 5.75 Å². The summed E-state index contributed by atoms with van der Waals surface area (Å²) in [5.41, 5.74) is 4.02. The summed E-state index contributed by atoms with van der Waals surface area (Å²) in [5.74, 6) is 1.98. The van der Waals surface area contributed by atoms with E-state index in [0.29, 0.717) is 17.5 Å². The first-order valence-corrected chi connectivity index (χ1v) is 14.7. The zero-order valence-corrected chi connectivity index (χ0v) is 23.6. The van der Waals surface area contributed by atoms with Gasteiger partial charge in [0, 0.05) is 6.20 Å². The molecule has 41 heavy (non-hydrogen) atoms. The standard InChI is InChI=1S/C27H34N5O8P/c1-4-6-10-15-37-25(34)18(3)31-41(36,40-19-11-8-7-9-12-19)38-16-21-22(33)27(35,5-2)26(39-21)32-14-13-20-23(28)29-17-30-24(20)32/h2,7-9,11-14,17-18,21-22,26,33,35H,4,6,10,15-16H2,1,3H3,(H,31,36)(H2,28,29,30)/t18-,21+,22+,26+,27+,41?/m0/s1. The zero-order chi connectivity index (χ0) is 29.6. The fraction of sp³-hybridized carbons (Fsp3) is 0.444. The van der Waals surface area contributed by atoms with Crippen molar-refractivity contribution in [2.75, 3.05) is 18.9 Å². The third-order valence-corrected chi connectivity index (χ3v) is 8.23. The Kier molecular flexibility index (Phi) is 9.65. The second-order valence-electron chi connectivity index (χ2n) is 9.58. The van der Waals surface area contributed by atoms with Crippen molar-refractivity contribution in [2.45, 2.75) is 63.2 Å². The summed E-state index contributed by atoms with van der Waals surface area (Å²) in [6.45, 7) is 3.18. The van der Waals surface area contributed by atoms with E-state index in [1.54, 1.807) is 36.4 Å². The van der Waals surface area contributed by atoms with Gasteiger partial charge in [-0.3, -0.25) is 9.32 Å². The van der Waals surface area contributed by atoms with Gasteiger partial charge in [0.1, 0.15) is 41.8 Å². The average Bonchev–Trinajstić information content (AvgIpc) is 3.50. The molecule has 0 bridgehead atoms. The number of anilines is 1. The van der Waals surface area contributed by atoms with Crippen LogP contribution in [-0.2, 0) is 23.4 Å². The van der Waals surface area contributed by atoms with Crippen molar-refractivity contribution < 1.29 is 38.1 Å².